The first-order valence-electron chi connectivity index (χ1n) is 7.71. The van der Waals surface area contributed by atoms with E-state index in [1.54, 1.807) is 23.1 Å². The molecular weight excluding hydrogens is 336 g/mol. The molecule has 4 rings (SSSR count). The van der Waals surface area contributed by atoms with Gasteiger partial charge in [0.05, 0.1) is 28.7 Å². The molecule has 0 radical (unpaired) electrons. The molecule has 4 aromatic rings. The Labute approximate surface area is 148 Å². The molecule has 126 valence electrons. The molecule has 0 aliphatic heterocycles. The van der Waals surface area contributed by atoms with Crippen LogP contribution in [0.25, 0.3) is 15.3 Å². The molecule has 3 aromatic heterocycles. The minimum atomic E-state index is 0.662. The average Bonchev–Trinajstić information content (AvgIpc) is 3.19. The number of benzene rings is 1. The largest absolute Gasteiger partial charge is 0.497 e. The van der Waals surface area contributed by atoms with Crippen LogP contribution in [0.1, 0.15) is 11.4 Å². The lowest BCUT2D eigenvalue weighted by molar-refractivity contribution is 0.415. The van der Waals surface area contributed by atoms with Gasteiger partial charge in [0.2, 0.25) is 5.13 Å². The topological polar surface area (TPSA) is 77.8 Å². The normalized spacial score (nSPS) is 11.0. The molecule has 0 aliphatic carbocycles. The number of aryl methyl sites for hydroxylation is 2. The van der Waals surface area contributed by atoms with Gasteiger partial charge < -0.3 is 10.1 Å². The minimum Gasteiger partial charge on any atom is -0.497 e. The number of rotatable bonds is 4. The number of aromatic nitrogens is 5. The molecule has 0 atom stereocenters. The summed E-state index contributed by atoms with van der Waals surface area (Å²) < 4.78 is 8.11. The van der Waals surface area contributed by atoms with Crippen LogP contribution < -0.4 is 10.1 Å². The number of hydrogen-bond acceptors (Lipinski definition) is 7. The fraction of sp³-hybridized carbons (Fsp3) is 0.176. The van der Waals surface area contributed by atoms with Gasteiger partial charge in [-0.15, -0.1) is 5.10 Å². The third-order valence-electron chi connectivity index (χ3n) is 3.65. The highest BCUT2D eigenvalue weighted by atomic mass is 32.1. The van der Waals surface area contributed by atoms with E-state index in [1.165, 1.54) is 0 Å². The number of anilines is 2. The molecule has 7 nitrogen and oxygen atoms in total. The number of fused-ring (bicyclic) bond motifs is 1. The molecule has 0 aliphatic rings. The number of nitrogens with zero attached hydrogens (tertiary/aromatic N) is 5. The van der Waals surface area contributed by atoms with Gasteiger partial charge in [-0.3, -0.25) is 0 Å². The Balaban J connectivity index is 1.74. The van der Waals surface area contributed by atoms with Crippen LogP contribution >= 0.6 is 11.3 Å². The van der Waals surface area contributed by atoms with Crippen molar-refractivity contribution in [3.8, 4) is 10.9 Å². The highest BCUT2D eigenvalue weighted by Gasteiger charge is 2.13. The van der Waals surface area contributed by atoms with Crippen molar-refractivity contribution < 1.29 is 4.74 Å². The summed E-state index contributed by atoms with van der Waals surface area (Å²) in [5.41, 5.74) is 2.67. The first kappa shape index (κ1) is 15.5. The summed E-state index contributed by atoms with van der Waals surface area (Å²) >= 11 is 1.55. The van der Waals surface area contributed by atoms with Crippen molar-refractivity contribution in [1.29, 1.82) is 0 Å². The maximum absolute atomic E-state index is 5.28. The van der Waals surface area contributed by atoms with Crippen LogP contribution in [0.4, 0.5) is 11.6 Å². The molecule has 0 amide bonds. The van der Waals surface area contributed by atoms with Gasteiger partial charge in [0.1, 0.15) is 11.6 Å². The minimum absolute atomic E-state index is 0.662. The Hall–Kier alpha value is -3.00. The first-order chi connectivity index (χ1) is 12.1. The summed E-state index contributed by atoms with van der Waals surface area (Å²) in [6, 6.07) is 11.6. The summed E-state index contributed by atoms with van der Waals surface area (Å²) in [5.74, 6) is 2.27. The zero-order valence-corrected chi connectivity index (χ0v) is 14.8. The second-order valence-electron chi connectivity index (χ2n) is 5.60. The molecule has 0 saturated carbocycles. The van der Waals surface area contributed by atoms with Crippen molar-refractivity contribution in [2.24, 2.45) is 0 Å². The van der Waals surface area contributed by atoms with Crippen LogP contribution in [0.5, 0.6) is 5.75 Å². The molecule has 1 aromatic carbocycles. The number of methoxy groups -OCH3 is 1. The van der Waals surface area contributed by atoms with Crippen molar-refractivity contribution in [3.05, 3.63) is 47.8 Å². The Bertz CT molecular complexity index is 1040. The Morgan fingerprint density at radius 1 is 1.04 bits per heavy atom. The number of ether oxygens (including phenoxy) is 1. The first-order valence-corrected chi connectivity index (χ1v) is 8.53. The highest BCUT2D eigenvalue weighted by molar-refractivity contribution is 7.20. The van der Waals surface area contributed by atoms with Gasteiger partial charge in [-0.25, -0.2) is 4.98 Å². The molecule has 0 fully saturated rings. The summed E-state index contributed by atoms with van der Waals surface area (Å²) in [7, 11) is 1.66. The van der Waals surface area contributed by atoms with E-state index < -0.39 is 0 Å². The van der Waals surface area contributed by atoms with Crippen LogP contribution in [0.3, 0.4) is 0 Å². The third-order valence-corrected chi connectivity index (χ3v) is 4.64. The SMILES string of the molecule is COc1ccc2nc(-n3nc(C)cc3Nc3ccc(C)nn3)sc2c1. The molecule has 0 bridgehead atoms. The average molecular weight is 352 g/mol. The van der Waals surface area contributed by atoms with Crippen LogP contribution in [0, 0.1) is 13.8 Å². The van der Waals surface area contributed by atoms with Crippen molar-refractivity contribution in [2.45, 2.75) is 13.8 Å². The molecule has 8 heteroatoms. The summed E-state index contributed by atoms with van der Waals surface area (Å²) in [6.45, 7) is 3.85. The zero-order valence-electron chi connectivity index (χ0n) is 14.0. The van der Waals surface area contributed by atoms with Crippen molar-refractivity contribution in [3.63, 3.8) is 0 Å². The van der Waals surface area contributed by atoms with Gasteiger partial charge in [0.15, 0.2) is 5.82 Å². The zero-order chi connectivity index (χ0) is 17.4. The standard InChI is InChI=1S/C17H16N6OS/c1-10-4-7-15(21-20-10)19-16-8-11(2)22-23(16)17-18-13-6-5-12(24-3)9-14(13)25-17/h4-9H,1-3H3,(H,19,21). The molecule has 0 unspecified atom stereocenters. The van der Waals surface area contributed by atoms with Gasteiger partial charge in [0, 0.05) is 6.07 Å². The van der Waals surface area contributed by atoms with E-state index in [2.05, 4.69) is 25.6 Å². The van der Waals surface area contributed by atoms with Gasteiger partial charge in [-0.1, -0.05) is 11.3 Å². The second kappa shape index (κ2) is 6.14. The predicted octanol–water partition coefficient (Wildman–Crippen LogP) is 3.64. The van der Waals surface area contributed by atoms with E-state index in [-0.39, 0.29) is 0 Å². The van der Waals surface area contributed by atoms with Crippen LogP contribution in [0.15, 0.2) is 36.4 Å². The van der Waals surface area contributed by atoms with Crippen LogP contribution in [-0.2, 0) is 0 Å². The smallest absolute Gasteiger partial charge is 0.213 e. The summed E-state index contributed by atoms with van der Waals surface area (Å²) in [4.78, 5) is 4.68. The van der Waals surface area contributed by atoms with E-state index in [9.17, 15) is 0 Å². The maximum Gasteiger partial charge on any atom is 0.213 e. The molecule has 0 saturated heterocycles. The van der Waals surface area contributed by atoms with E-state index in [4.69, 9.17) is 4.74 Å². The molecule has 25 heavy (non-hydrogen) atoms. The second-order valence-corrected chi connectivity index (χ2v) is 6.61. The van der Waals surface area contributed by atoms with Crippen molar-refractivity contribution >= 4 is 33.2 Å². The Kier molecular flexibility index (Phi) is 3.81. The summed E-state index contributed by atoms with van der Waals surface area (Å²) in [5, 5.41) is 16.8. The molecular formula is C17H16N6OS. The van der Waals surface area contributed by atoms with Gasteiger partial charge in [-0.05, 0) is 44.2 Å². The van der Waals surface area contributed by atoms with Gasteiger partial charge in [-0.2, -0.15) is 14.9 Å². The molecule has 3 heterocycles. The van der Waals surface area contributed by atoms with E-state index in [1.807, 2.05) is 50.2 Å². The Morgan fingerprint density at radius 3 is 2.68 bits per heavy atom. The number of nitrogens with one attached hydrogen (secondary N) is 1. The lowest BCUT2D eigenvalue weighted by Gasteiger charge is -2.06. The quantitative estimate of drug-likeness (QED) is 0.604. The van der Waals surface area contributed by atoms with E-state index in [0.29, 0.717) is 5.82 Å². The van der Waals surface area contributed by atoms with Crippen molar-refractivity contribution in [2.75, 3.05) is 12.4 Å². The van der Waals surface area contributed by atoms with Crippen molar-refractivity contribution in [1.82, 2.24) is 25.0 Å². The molecule has 1 N–H and O–H groups in total. The fourth-order valence-electron chi connectivity index (χ4n) is 2.44. The number of thiazole rings is 1. The maximum atomic E-state index is 5.28. The van der Waals surface area contributed by atoms with E-state index in [0.717, 1.165) is 38.3 Å². The monoisotopic (exact) mass is 352 g/mol. The van der Waals surface area contributed by atoms with E-state index >= 15 is 0 Å². The fourth-order valence-corrected chi connectivity index (χ4v) is 3.40. The van der Waals surface area contributed by atoms with Crippen LogP contribution in [0.2, 0.25) is 0 Å². The number of hydrogen-bond donors (Lipinski definition) is 1. The van der Waals surface area contributed by atoms with Gasteiger partial charge >= 0.3 is 0 Å². The predicted molar refractivity (Wildman–Crippen MR) is 98.1 cm³/mol. The lowest BCUT2D eigenvalue weighted by atomic mass is 10.3. The lowest BCUT2D eigenvalue weighted by Crippen LogP contribution is -2.03. The Morgan fingerprint density at radius 2 is 1.92 bits per heavy atom. The summed E-state index contributed by atoms with van der Waals surface area (Å²) in [6.07, 6.45) is 0. The highest BCUT2D eigenvalue weighted by Crippen LogP contribution is 2.30. The van der Waals surface area contributed by atoms with Gasteiger partial charge in [0.25, 0.3) is 0 Å². The van der Waals surface area contributed by atoms with Crippen LogP contribution in [-0.4, -0.2) is 32.1 Å². The third kappa shape index (κ3) is 3.03. The molecule has 0 spiro atoms.